The molecule has 0 aliphatic heterocycles. The Morgan fingerprint density at radius 2 is 2.06 bits per heavy atom. The van der Waals surface area contributed by atoms with Gasteiger partial charge in [-0.1, -0.05) is 31.2 Å². The van der Waals surface area contributed by atoms with Crippen LogP contribution >= 0.6 is 0 Å². The molecular weight excluding hydrogens is 202 g/mol. The molecule has 3 heteroatoms. The summed E-state index contributed by atoms with van der Waals surface area (Å²) in [6.45, 7) is 1.69. The minimum Gasteiger partial charge on any atom is -0.481 e. The predicted octanol–water partition coefficient (Wildman–Crippen LogP) is 2.50. The van der Waals surface area contributed by atoms with Crippen LogP contribution in [0.1, 0.15) is 12.6 Å². The van der Waals surface area contributed by atoms with Gasteiger partial charge < -0.3 is 5.11 Å². The molecule has 0 saturated heterocycles. The molecular formula is C13H13NO2. The van der Waals surface area contributed by atoms with Crippen LogP contribution in [0.25, 0.3) is 10.8 Å². The van der Waals surface area contributed by atoms with E-state index in [9.17, 15) is 4.79 Å². The molecule has 0 saturated carbocycles. The molecule has 0 fully saturated rings. The highest BCUT2D eigenvalue weighted by Gasteiger charge is 2.12. The molecule has 1 aromatic carbocycles. The number of fused-ring (bicyclic) bond motifs is 1. The second kappa shape index (κ2) is 4.31. The molecule has 3 nitrogen and oxygen atoms in total. The van der Waals surface area contributed by atoms with Gasteiger partial charge in [0.25, 0.3) is 0 Å². The Hall–Kier alpha value is -1.90. The fraction of sp³-hybridized carbons (Fsp3) is 0.231. The Balaban J connectivity index is 2.29. The summed E-state index contributed by atoms with van der Waals surface area (Å²) in [5.41, 5.74) is 0.827. The number of aromatic nitrogens is 1. The van der Waals surface area contributed by atoms with Crippen LogP contribution in [0.4, 0.5) is 0 Å². The monoisotopic (exact) mass is 215 g/mol. The fourth-order valence-corrected chi connectivity index (χ4v) is 1.64. The van der Waals surface area contributed by atoms with Gasteiger partial charge in [-0.25, -0.2) is 0 Å². The number of carboxylic acid groups (broad SMARTS) is 1. The Labute approximate surface area is 93.7 Å². The van der Waals surface area contributed by atoms with Crippen LogP contribution in [0.5, 0.6) is 0 Å². The largest absolute Gasteiger partial charge is 0.481 e. The van der Waals surface area contributed by atoms with E-state index in [1.807, 2.05) is 30.3 Å². The van der Waals surface area contributed by atoms with Crippen molar-refractivity contribution in [3.05, 3.63) is 42.2 Å². The first kappa shape index (κ1) is 10.6. The molecule has 1 aromatic heterocycles. The first-order valence-corrected chi connectivity index (χ1v) is 5.23. The van der Waals surface area contributed by atoms with Crippen molar-refractivity contribution in [2.75, 3.05) is 0 Å². The van der Waals surface area contributed by atoms with Gasteiger partial charge in [0.15, 0.2) is 0 Å². The summed E-state index contributed by atoms with van der Waals surface area (Å²) in [6.07, 6.45) is 2.26. The Morgan fingerprint density at radius 3 is 2.75 bits per heavy atom. The molecule has 0 bridgehead atoms. The average molecular weight is 215 g/mol. The standard InChI is InChI=1S/C13H13NO2/c1-9(13(15)16)6-12-7-10-4-2-3-5-11(10)8-14-12/h2-5,7-9H,6H2,1H3,(H,15,16). The third-order valence-electron chi connectivity index (χ3n) is 2.62. The number of nitrogens with zero attached hydrogens (tertiary/aromatic N) is 1. The summed E-state index contributed by atoms with van der Waals surface area (Å²) in [7, 11) is 0. The SMILES string of the molecule is CC(Cc1cc2ccccc2cn1)C(=O)O. The maximum absolute atomic E-state index is 10.7. The van der Waals surface area contributed by atoms with Crippen LogP contribution < -0.4 is 0 Å². The molecule has 0 aliphatic carbocycles. The molecule has 16 heavy (non-hydrogen) atoms. The maximum Gasteiger partial charge on any atom is 0.306 e. The topological polar surface area (TPSA) is 50.2 Å². The van der Waals surface area contributed by atoms with Crippen molar-refractivity contribution in [2.45, 2.75) is 13.3 Å². The van der Waals surface area contributed by atoms with Gasteiger partial charge in [-0.15, -0.1) is 0 Å². The van der Waals surface area contributed by atoms with Crippen LogP contribution in [0.15, 0.2) is 36.5 Å². The minimum atomic E-state index is -0.782. The van der Waals surface area contributed by atoms with E-state index in [-0.39, 0.29) is 0 Å². The Morgan fingerprint density at radius 1 is 1.38 bits per heavy atom. The average Bonchev–Trinajstić information content (AvgIpc) is 2.28. The molecule has 0 radical (unpaired) electrons. The quantitative estimate of drug-likeness (QED) is 0.855. The lowest BCUT2D eigenvalue weighted by Crippen LogP contribution is -2.12. The zero-order valence-corrected chi connectivity index (χ0v) is 9.05. The summed E-state index contributed by atoms with van der Waals surface area (Å²) in [6, 6.07) is 9.88. The number of rotatable bonds is 3. The highest BCUT2D eigenvalue weighted by atomic mass is 16.4. The first-order valence-electron chi connectivity index (χ1n) is 5.23. The van der Waals surface area contributed by atoms with Crippen LogP contribution in [0.2, 0.25) is 0 Å². The molecule has 1 N–H and O–H groups in total. The second-order valence-electron chi connectivity index (χ2n) is 3.97. The van der Waals surface area contributed by atoms with Crippen LogP contribution in [0, 0.1) is 5.92 Å². The lowest BCUT2D eigenvalue weighted by Gasteiger charge is -2.06. The van der Waals surface area contributed by atoms with E-state index in [0.29, 0.717) is 6.42 Å². The van der Waals surface area contributed by atoms with Gasteiger partial charge in [-0.05, 0) is 11.5 Å². The van der Waals surface area contributed by atoms with Gasteiger partial charge in [-0.2, -0.15) is 0 Å². The molecule has 0 amide bonds. The molecule has 2 aromatic rings. The van der Waals surface area contributed by atoms with Crippen molar-refractivity contribution in [3.63, 3.8) is 0 Å². The zero-order chi connectivity index (χ0) is 11.5. The van der Waals surface area contributed by atoms with Crippen LogP contribution in [-0.4, -0.2) is 16.1 Å². The number of benzene rings is 1. The van der Waals surface area contributed by atoms with Gasteiger partial charge in [0.2, 0.25) is 0 Å². The van der Waals surface area contributed by atoms with Crippen molar-refractivity contribution in [3.8, 4) is 0 Å². The first-order chi connectivity index (χ1) is 7.66. The van der Waals surface area contributed by atoms with Crippen molar-refractivity contribution in [1.82, 2.24) is 4.98 Å². The van der Waals surface area contributed by atoms with Gasteiger partial charge in [0.1, 0.15) is 0 Å². The van der Waals surface area contributed by atoms with Gasteiger partial charge in [0, 0.05) is 23.7 Å². The molecule has 82 valence electrons. The second-order valence-corrected chi connectivity index (χ2v) is 3.97. The number of hydrogen-bond donors (Lipinski definition) is 1. The summed E-state index contributed by atoms with van der Waals surface area (Å²) in [4.78, 5) is 15.0. The number of carboxylic acids is 1. The zero-order valence-electron chi connectivity index (χ0n) is 9.05. The Kier molecular flexibility index (Phi) is 2.86. The Bertz CT molecular complexity index is 522. The molecule has 1 atom stereocenters. The summed E-state index contributed by atoms with van der Waals surface area (Å²) >= 11 is 0. The van der Waals surface area contributed by atoms with E-state index in [2.05, 4.69) is 4.98 Å². The third-order valence-corrected chi connectivity index (χ3v) is 2.62. The van der Waals surface area contributed by atoms with Crippen molar-refractivity contribution < 1.29 is 9.90 Å². The smallest absolute Gasteiger partial charge is 0.306 e. The van der Waals surface area contributed by atoms with E-state index in [4.69, 9.17) is 5.11 Å². The molecule has 0 spiro atoms. The van der Waals surface area contributed by atoms with E-state index in [1.54, 1.807) is 13.1 Å². The highest BCUT2D eigenvalue weighted by Crippen LogP contribution is 2.15. The van der Waals surface area contributed by atoms with Crippen molar-refractivity contribution >= 4 is 16.7 Å². The van der Waals surface area contributed by atoms with Gasteiger partial charge >= 0.3 is 5.97 Å². The lowest BCUT2D eigenvalue weighted by molar-refractivity contribution is -0.141. The van der Waals surface area contributed by atoms with E-state index in [0.717, 1.165) is 16.5 Å². The number of carbonyl (C=O) groups is 1. The number of hydrogen-bond acceptors (Lipinski definition) is 2. The number of pyridine rings is 1. The van der Waals surface area contributed by atoms with Crippen LogP contribution in [-0.2, 0) is 11.2 Å². The highest BCUT2D eigenvalue weighted by molar-refractivity contribution is 5.81. The maximum atomic E-state index is 10.7. The van der Waals surface area contributed by atoms with Gasteiger partial charge in [0.05, 0.1) is 5.92 Å². The molecule has 2 rings (SSSR count). The van der Waals surface area contributed by atoms with Crippen molar-refractivity contribution in [2.24, 2.45) is 5.92 Å². The van der Waals surface area contributed by atoms with Crippen LogP contribution in [0.3, 0.4) is 0 Å². The summed E-state index contributed by atoms with van der Waals surface area (Å²) in [5.74, 6) is -1.18. The fourth-order valence-electron chi connectivity index (χ4n) is 1.64. The van der Waals surface area contributed by atoms with E-state index >= 15 is 0 Å². The van der Waals surface area contributed by atoms with E-state index < -0.39 is 11.9 Å². The molecule has 1 heterocycles. The normalized spacial score (nSPS) is 12.6. The van der Waals surface area contributed by atoms with Gasteiger partial charge in [-0.3, -0.25) is 9.78 Å². The molecule has 0 aliphatic rings. The lowest BCUT2D eigenvalue weighted by atomic mass is 10.0. The molecule has 1 unspecified atom stereocenters. The summed E-state index contributed by atoms with van der Waals surface area (Å²) in [5, 5.41) is 11.0. The predicted molar refractivity (Wildman–Crippen MR) is 62.2 cm³/mol. The summed E-state index contributed by atoms with van der Waals surface area (Å²) < 4.78 is 0. The minimum absolute atomic E-state index is 0.395. The van der Waals surface area contributed by atoms with E-state index in [1.165, 1.54) is 0 Å². The van der Waals surface area contributed by atoms with Crippen molar-refractivity contribution in [1.29, 1.82) is 0 Å². The third kappa shape index (κ3) is 2.19. The number of aliphatic carboxylic acids is 1.